The third-order valence-corrected chi connectivity index (χ3v) is 5.77. The molecule has 2 rings (SSSR count). The van der Waals surface area contributed by atoms with Crippen LogP contribution >= 0.6 is 23.5 Å². The van der Waals surface area contributed by atoms with E-state index in [1.54, 1.807) is 12.1 Å². The molecule has 0 radical (unpaired) electrons. The molecule has 0 saturated carbocycles. The number of carbonyl (C=O) groups excluding carboxylic acids is 1. The molecule has 17 heavy (non-hydrogen) atoms. The predicted molar refractivity (Wildman–Crippen MR) is 75.3 cm³/mol. The zero-order chi connectivity index (χ0) is 12.1. The molecule has 1 fully saturated rings. The zero-order valence-corrected chi connectivity index (χ0v) is 11.5. The largest absolute Gasteiger partial charge is 0.491 e. The lowest BCUT2D eigenvalue weighted by Crippen LogP contribution is -2.28. The molecular formula is C13H16O2S2. The van der Waals surface area contributed by atoms with Crippen molar-refractivity contribution in [1.82, 2.24) is 0 Å². The Balaban J connectivity index is 1.89. The van der Waals surface area contributed by atoms with E-state index in [1.165, 1.54) is 17.9 Å². The molecule has 0 bridgehead atoms. The summed E-state index contributed by atoms with van der Waals surface area (Å²) in [7, 11) is 0. The first-order valence-corrected chi connectivity index (χ1v) is 7.65. The maximum atomic E-state index is 10.5. The van der Waals surface area contributed by atoms with Crippen LogP contribution in [-0.2, 0) is 0 Å². The fraction of sp³-hybridized carbons (Fsp3) is 0.462. The van der Waals surface area contributed by atoms with Crippen LogP contribution in [0.1, 0.15) is 23.7 Å². The Morgan fingerprint density at radius 3 is 2.53 bits per heavy atom. The molecule has 4 heteroatoms. The van der Waals surface area contributed by atoms with Crippen molar-refractivity contribution in [1.29, 1.82) is 0 Å². The van der Waals surface area contributed by atoms with E-state index < -0.39 is 0 Å². The molecule has 1 aliphatic rings. The van der Waals surface area contributed by atoms with Crippen molar-refractivity contribution in [3.05, 3.63) is 29.8 Å². The lowest BCUT2D eigenvalue weighted by molar-refractivity contribution is 0.112. The highest BCUT2D eigenvalue weighted by Crippen LogP contribution is 2.41. The molecule has 1 heterocycles. The van der Waals surface area contributed by atoms with Gasteiger partial charge in [-0.1, -0.05) is 0 Å². The van der Waals surface area contributed by atoms with Crippen LogP contribution in [0.25, 0.3) is 0 Å². The highest BCUT2D eigenvalue weighted by atomic mass is 32.2. The zero-order valence-electron chi connectivity index (χ0n) is 9.85. The second-order valence-electron chi connectivity index (χ2n) is 4.16. The van der Waals surface area contributed by atoms with Crippen molar-refractivity contribution >= 4 is 29.8 Å². The molecule has 1 saturated heterocycles. The van der Waals surface area contributed by atoms with Crippen LogP contribution in [0.4, 0.5) is 0 Å². The van der Waals surface area contributed by atoms with E-state index in [0.717, 1.165) is 12.0 Å². The Morgan fingerprint density at radius 1 is 1.29 bits per heavy atom. The fourth-order valence-corrected chi connectivity index (χ4v) is 4.36. The second kappa shape index (κ2) is 5.83. The monoisotopic (exact) mass is 268 g/mol. The molecule has 92 valence electrons. The molecule has 0 N–H and O–H groups in total. The van der Waals surface area contributed by atoms with Gasteiger partial charge in [-0.15, -0.1) is 23.5 Å². The van der Waals surface area contributed by atoms with Crippen molar-refractivity contribution in [2.45, 2.75) is 17.4 Å². The number of ether oxygens (including phenoxy) is 1. The molecule has 1 aliphatic heterocycles. The quantitative estimate of drug-likeness (QED) is 0.781. The molecule has 2 nitrogen and oxygen atoms in total. The summed E-state index contributed by atoms with van der Waals surface area (Å²) in [5, 5.41) is 0. The standard InChI is InChI=1S/C13H16O2S2/c1-13(16-7-2-8-17-13)10-15-12-5-3-11(9-14)4-6-12/h3-6,9H,2,7-8,10H2,1H3. The van der Waals surface area contributed by atoms with Gasteiger partial charge in [0.05, 0.1) is 4.08 Å². The smallest absolute Gasteiger partial charge is 0.150 e. The number of aldehydes is 1. The van der Waals surface area contributed by atoms with Gasteiger partial charge in [-0.05, 0) is 49.1 Å². The molecule has 0 spiro atoms. The number of hydrogen-bond donors (Lipinski definition) is 0. The summed E-state index contributed by atoms with van der Waals surface area (Å²) in [6.45, 7) is 2.95. The predicted octanol–water partition coefficient (Wildman–Crippen LogP) is 3.46. The van der Waals surface area contributed by atoms with Crippen molar-refractivity contribution in [3.63, 3.8) is 0 Å². The molecule has 0 unspecified atom stereocenters. The highest BCUT2D eigenvalue weighted by Gasteiger charge is 2.29. The normalized spacial score (nSPS) is 18.6. The van der Waals surface area contributed by atoms with Gasteiger partial charge in [-0.3, -0.25) is 4.79 Å². The van der Waals surface area contributed by atoms with Gasteiger partial charge < -0.3 is 4.74 Å². The molecule has 0 amide bonds. The first-order chi connectivity index (χ1) is 8.22. The van der Waals surface area contributed by atoms with E-state index in [9.17, 15) is 4.79 Å². The average molecular weight is 268 g/mol. The van der Waals surface area contributed by atoms with E-state index >= 15 is 0 Å². The van der Waals surface area contributed by atoms with Crippen LogP contribution in [0, 0.1) is 0 Å². The minimum atomic E-state index is 0.168. The summed E-state index contributed by atoms with van der Waals surface area (Å²) >= 11 is 3.95. The number of carbonyl (C=O) groups is 1. The van der Waals surface area contributed by atoms with Crippen molar-refractivity contribution in [2.75, 3.05) is 18.1 Å². The summed E-state index contributed by atoms with van der Waals surface area (Å²) in [6.07, 6.45) is 2.14. The van der Waals surface area contributed by atoms with Gasteiger partial charge >= 0.3 is 0 Å². The van der Waals surface area contributed by atoms with Crippen LogP contribution < -0.4 is 4.74 Å². The fourth-order valence-electron chi connectivity index (χ4n) is 1.62. The lowest BCUT2D eigenvalue weighted by atomic mass is 10.2. The van der Waals surface area contributed by atoms with Gasteiger partial charge in [-0.25, -0.2) is 0 Å². The van der Waals surface area contributed by atoms with Crippen LogP contribution in [0.15, 0.2) is 24.3 Å². The Bertz CT molecular complexity index is 370. The van der Waals surface area contributed by atoms with Gasteiger partial charge in [0.2, 0.25) is 0 Å². The molecular weight excluding hydrogens is 252 g/mol. The molecule has 0 atom stereocenters. The van der Waals surface area contributed by atoms with Gasteiger partial charge in [-0.2, -0.15) is 0 Å². The SMILES string of the molecule is CC1(COc2ccc(C=O)cc2)SCCCS1. The van der Waals surface area contributed by atoms with E-state index in [1.807, 2.05) is 35.7 Å². The first kappa shape index (κ1) is 12.8. The Kier molecular flexibility index (Phi) is 4.40. The van der Waals surface area contributed by atoms with Gasteiger partial charge in [0.25, 0.3) is 0 Å². The minimum absolute atomic E-state index is 0.168. The average Bonchev–Trinajstić information content (AvgIpc) is 2.38. The van der Waals surface area contributed by atoms with E-state index in [0.29, 0.717) is 12.2 Å². The van der Waals surface area contributed by atoms with Crippen LogP contribution in [0.5, 0.6) is 5.75 Å². The van der Waals surface area contributed by atoms with Gasteiger partial charge in [0.15, 0.2) is 0 Å². The number of rotatable bonds is 4. The molecule has 1 aromatic carbocycles. The van der Waals surface area contributed by atoms with Gasteiger partial charge in [0.1, 0.15) is 18.6 Å². The third kappa shape index (κ3) is 3.68. The Labute approximate surface area is 111 Å². The van der Waals surface area contributed by atoms with Gasteiger partial charge in [0, 0.05) is 5.56 Å². The van der Waals surface area contributed by atoms with E-state index in [2.05, 4.69) is 6.92 Å². The number of thioether (sulfide) groups is 2. The number of hydrogen-bond acceptors (Lipinski definition) is 4. The second-order valence-corrected chi connectivity index (χ2v) is 7.61. The summed E-state index contributed by atoms with van der Waals surface area (Å²) < 4.78 is 5.96. The van der Waals surface area contributed by atoms with Crippen molar-refractivity contribution < 1.29 is 9.53 Å². The van der Waals surface area contributed by atoms with E-state index in [4.69, 9.17) is 4.74 Å². The summed E-state index contributed by atoms with van der Waals surface area (Å²) in [5.74, 6) is 3.28. The molecule has 0 aliphatic carbocycles. The Hall–Kier alpha value is -0.610. The van der Waals surface area contributed by atoms with Crippen molar-refractivity contribution in [2.24, 2.45) is 0 Å². The maximum absolute atomic E-state index is 10.5. The molecule has 1 aromatic rings. The maximum Gasteiger partial charge on any atom is 0.150 e. The summed E-state index contributed by atoms with van der Waals surface area (Å²) in [6, 6.07) is 7.27. The summed E-state index contributed by atoms with van der Waals surface area (Å²) in [4.78, 5) is 10.5. The minimum Gasteiger partial charge on any atom is -0.491 e. The number of benzene rings is 1. The highest BCUT2D eigenvalue weighted by molar-refractivity contribution is 8.18. The summed E-state index contributed by atoms with van der Waals surface area (Å²) in [5.41, 5.74) is 0.685. The third-order valence-electron chi connectivity index (χ3n) is 2.62. The Morgan fingerprint density at radius 2 is 1.94 bits per heavy atom. The topological polar surface area (TPSA) is 26.3 Å². The van der Waals surface area contributed by atoms with Crippen molar-refractivity contribution in [3.8, 4) is 5.75 Å². The van der Waals surface area contributed by atoms with E-state index in [-0.39, 0.29) is 4.08 Å². The van der Waals surface area contributed by atoms with Crippen LogP contribution in [0.2, 0.25) is 0 Å². The van der Waals surface area contributed by atoms with Crippen LogP contribution in [0.3, 0.4) is 0 Å². The lowest BCUT2D eigenvalue weighted by Gasteiger charge is -2.31. The molecule has 0 aromatic heterocycles. The first-order valence-electron chi connectivity index (χ1n) is 5.68. The van der Waals surface area contributed by atoms with Crippen LogP contribution in [-0.4, -0.2) is 28.5 Å².